The lowest BCUT2D eigenvalue weighted by atomic mass is 10.0. The molecule has 0 radical (unpaired) electrons. The van der Waals surface area contributed by atoms with E-state index < -0.39 is 15.8 Å². The van der Waals surface area contributed by atoms with Crippen molar-refractivity contribution in [3.63, 3.8) is 0 Å². The molecule has 0 amide bonds. The van der Waals surface area contributed by atoms with Crippen LogP contribution in [0.1, 0.15) is 32.3 Å². The molecule has 0 atom stereocenters. The number of hydrogen-bond donors (Lipinski definition) is 0. The first kappa shape index (κ1) is 29.0. The van der Waals surface area contributed by atoms with E-state index >= 15 is 0 Å². The van der Waals surface area contributed by atoms with E-state index in [0.29, 0.717) is 0 Å². The monoisotopic (exact) mass is 568 g/mol. The van der Waals surface area contributed by atoms with Gasteiger partial charge in [-0.15, -0.1) is 0 Å². The van der Waals surface area contributed by atoms with Crippen molar-refractivity contribution in [1.29, 1.82) is 0 Å². The number of benzene rings is 5. The van der Waals surface area contributed by atoms with E-state index in [0.717, 1.165) is 19.3 Å². The van der Waals surface area contributed by atoms with Crippen LogP contribution in [0, 0.1) is 0 Å². The summed E-state index contributed by atoms with van der Waals surface area (Å²) in [6.07, 6.45) is 7.75. The first-order valence-corrected chi connectivity index (χ1v) is 17.2. The molecule has 204 valence electrons. The van der Waals surface area contributed by atoms with Crippen LogP contribution in [0.2, 0.25) is 0 Å². The number of hydrogen-bond acceptors (Lipinski definition) is 0. The van der Waals surface area contributed by atoms with E-state index in [1.54, 1.807) is 5.57 Å². The summed E-state index contributed by atoms with van der Waals surface area (Å²) in [4.78, 5) is 0. The van der Waals surface area contributed by atoms with Gasteiger partial charge in [0.1, 0.15) is 0 Å². The number of rotatable bonds is 11. The fraction of sp³-hybridized carbons (Fsp3) is 0.128. The molecule has 5 rings (SSSR count). The van der Waals surface area contributed by atoms with Crippen molar-refractivity contribution < 1.29 is 0 Å². The second kappa shape index (κ2) is 14.9. The topological polar surface area (TPSA) is 0 Å². The highest BCUT2D eigenvalue weighted by atomic mass is 31.1. The van der Waals surface area contributed by atoms with Crippen LogP contribution in [0.25, 0.3) is 0 Å². The molecule has 5 aromatic carbocycles. The summed E-state index contributed by atoms with van der Waals surface area (Å²) < 4.78 is 0. The number of aryl methyl sites for hydroxylation is 1. The van der Waals surface area contributed by atoms with Crippen LogP contribution < -0.4 is 26.5 Å². The molecule has 0 aromatic heterocycles. The van der Waals surface area contributed by atoms with E-state index in [9.17, 15) is 0 Å². The summed E-state index contributed by atoms with van der Waals surface area (Å²) in [5.74, 6) is 0. The Bertz CT molecular complexity index is 1480. The molecule has 0 fully saturated rings. The van der Waals surface area contributed by atoms with Crippen molar-refractivity contribution in [3.8, 4) is 0 Å². The lowest BCUT2D eigenvalue weighted by Crippen LogP contribution is -2.23. The fourth-order valence-electron chi connectivity index (χ4n) is 5.38. The van der Waals surface area contributed by atoms with Crippen molar-refractivity contribution in [1.82, 2.24) is 0 Å². The summed E-state index contributed by atoms with van der Waals surface area (Å²) in [6.45, 7) is 4.48. The van der Waals surface area contributed by atoms with Gasteiger partial charge in [0, 0.05) is 0 Å². The van der Waals surface area contributed by atoms with Gasteiger partial charge in [-0.1, -0.05) is 170 Å². The van der Waals surface area contributed by atoms with E-state index in [1.807, 2.05) is 0 Å². The Labute approximate surface area is 249 Å². The highest BCUT2D eigenvalue weighted by Crippen LogP contribution is 2.47. The van der Waals surface area contributed by atoms with Crippen molar-refractivity contribution in [2.75, 3.05) is 0 Å². The molecule has 0 saturated heterocycles. The van der Waals surface area contributed by atoms with E-state index in [2.05, 4.69) is 172 Å². The Kier molecular flexibility index (Phi) is 10.5. The lowest BCUT2D eigenvalue weighted by molar-refractivity contribution is 0.885. The Morgan fingerprint density at radius 3 is 1.46 bits per heavy atom. The minimum absolute atomic E-state index is 0.635. The summed E-state index contributed by atoms with van der Waals surface area (Å²) in [7, 11) is -1.28. The Morgan fingerprint density at radius 2 is 1.00 bits per heavy atom. The van der Waals surface area contributed by atoms with Gasteiger partial charge in [0.15, 0.2) is 0 Å². The van der Waals surface area contributed by atoms with Crippen LogP contribution in [0.15, 0.2) is 169 Å². The van der Waals surface area contributed by atoms with Crippen LogP contribution in [0.3, 0.4) is 0 Å². The zero-order chi connectivity index (χ0) is 28.3. The van der Waals surface area contributed by atoms with Crippen molar-refractivity contribution >= 4 is 42.4 Å². The molecule has 0 spiro atoms. The summed E-state index contributed by atoms with van der Waals surface area (Å²) in [6, 6.07) is 53.4. The normalized spacial score (nSPS) is 12.2. The van der Waals surface area contributed by atoms with Crippen molar-refractivity contribution in [2.45, 2.75) is 33.1 Å². The Balaban J connectivity index is 1.55. The molecule has 5 aromatic rings. The van der Waals surface area contributed by atoms with Crippen LogP contribution >= 0.6 is 15.8 Å². The summed E-state index contributed by atoms with van der Waals surface area (Å²) in [5.41, 5.74) is 3.02. The average molecular weight is 569 g/mol. The molecule has 0 aliphatic rings. The summed E-state index contributed by atoms with van der Waals surface area (Å²) in [5, 5.41) is 8.58. The molecule has 0 heterocycles. The SMILES string of the molecule is C/C=C\C(=C(/CC)CCc1ccccc1P(c1ccccc1)c1ccccc1)P(c1ccccc1)c1ccccc1. The molecule has 0 aliphatic heterocycles. The molecule has 0 N–H and O–H groups in total. The van der Waals surface area contributed by atoms with Crippen LogP contribution in [0.5, 0.6) is 0 Å². The zero-order valence-electron chi connectivity index (χ0n) is 24.0. The predicted octanol–water partition coefficient (Wildman–Crippen LogP) is 8.75. The molecule has 41 heavy (non-hydrogen) atoms. The van der Waals surface area contributed by atoms with Crippen LogP contribution in [-0.2, 0) is 6.42 Å². The van der Waals surface area contributed by atoms with Gasteiger partial charge in [-0.25, -0.2) is 0 Å². The van der Waals surface area contributed by atoms with E-state index in [1.165, 1.54) is 37.4 Å². The quantitative estimate of drug-likeness (QED) is 0.110. The molecular weight excluding hydrogens is 530 g/mol. The Hall–Kier alpha value is -3.56. The highest BCUT2D eigenvalue weighted by molar-refractivity contribution is 7.80. The first-order valence-electron chi connectivity index (χ1n) is 14.5. The molecule has 2 heteroatoms. The van der Waals surface area contributed by atoms with Gasteiger partial charge in [-0.05, 0) is 79.4 Å². The van der Waals surface area contributed by atoms with Gasteiger partial charge in [0.05, 0.1) is 0 Å². The van der Waals surface area contributed by atoms with Gasteiger partial charge in [0.25, 0.3) is 0 Å². The molecule has 0 bridgehead atoms. The predicted molar refractivity (Wildman–Crippen MR) is 185 cm³/mol. The third-order valence-electron chi connectivity index (χ3n) is 7.34. The minimum atomic E-state index is -0.641. The van der Waals surface area contributed by atoms with Gasteiger partial charge in [-0.3, -0.25) is 0 Å². The third-order valence-corrected chi connectivity index (χ3v) is 12.5. The smallest absolute Gasteiger partial charge is 0.0119 e. The lowest BCUT2D eigenvalue weighted by Gasteiger charge is -2.25. The second-order valence-corrected chi connectivity index (χ2v) is 14.4. The van der Waals surface area contributed by atoms with E-state index in [4.69, 9.17) is 0 Å². The van der Waals surface area contributed by atoms with Crippen LogP contribution in [0.4, 0.5) is 0 Å². The largest absolute Gasteiger partial charge is 0.0870 e. The second-order valence-electron chi connectivity index (χ2n) is 9.98. The maximum atomic E-state index is 2.39. The third kappa shape index (κ3) is 7.21. The number of allylic oxidation sites excluding steroid dienone is 4. The fourth-order valence-corrected chi connectivity index (χ4v) is 10.6. The molecule has 0 nitrogen and oxygen atoms in total. The minimum Gasteiger partial charge on any atom is -0.0870 e. The van der Waals surface area contributed by atoms with Crippen molar-refractivity contribution in [2.24, 2.45) is 0 Å². The maximum absolute atomic E-state index is 2.39. The molecule has 0 saturated carbocycles. The van der Waals surface area contributed by atoms with Crippen molar-refractivity contribution in [3.05, 3.63) is 174 Å². The van der Waals surface area contributed by atoms with Gasteiger partial charge in [-0.2, -0.15) is 0 Å². The van der Waals surface area contributed by atoms with Gasteiger partial charge >= 0.3 is 0 Å². The first-order chi connectivity index (χ1) is 20.3. The highest BCUT2D eigenvalue weighted by Gasteiger charge is 2.22. The maximum Gasteiger partial charge on any atom is -0.0119 e. The molecular formula is C39H38P2. The average Bonchev–Trinajstić information content (AvgIpc) is 3.04. The van der Waals surface area contributed by atoms with Crippen LogP contribution in [-0.4, -0.2) is 0 Å². The molecule has 0 aliphatic carbocycles. The Morgan fingerprint density at radius 1 is 0.561 bits per heavy atom. The summed E-state index contributed by atoms with van der Waals surface area (Å²) >= 11 is 0. The van der Waals surface area contributed by atoms with Gasteiger partial charge in [0.2, 0.25) is 0 Å². The van der Waals surface area contributed by atoms with Gasteiger partial charge < -0.3 is 0 Å². The molecule has 0 unspecified atom stereocenters. The zero-order valence-corrected chi connectivity index (χ0v) is 25.8. The standard InChI is InChI=1S/C39H38P2/c1-3-19-38(40(34-21-9-5-10-22-34)35-23-11-6-12-24-35)32(4-2)30-31-33-20-17-18-29-39(33)41(36-25-13-7-14-26-36)37-27-15-8-16-28-37/h3,5-29H,4,30-31H2,1-2H3/b19-3-,38-32-. The van der Waals surface area contributed by atoms with E-state index in [-0.39, 0.29) is 0 Å².